The number of nitrogens with zero attached hydrogens (tertiary/aromatic N) is 1. The van der Waals surface area contributed by atoms with E-state index in [-0.39, 0.29) is 0 Å². The van der Waals surface area contributed by atoms with Crippen LogP contribution in [0.1, 0.15) is 17.3 Å². The molecule has 3 nitrogen and oxygen atoms in total. The molecule has 82 valence electrons. The zero-order valence-electron chi connectivity index (χ0n) is 8.79. The van der Waals surface area contributed by atoms with Crippen LogP contribution >= 0.6 is 15.9 Å². The number of rotatable bonds is 2. The van der Waals surface area contributed by atoms with Crippen LogP contribution < -0.4 is 4.90 Å². The molecule has 1 aromatic rings. The number of amides is 1. The molecule has 1 aromatic carbocycles. The number of fused-ring (bicyclic) bond motifs is 1. The predicted molar refractivity (Wildman–Crippen MR) is 65.6 cm³/mol. The van der Waals surface area contributed by atoms with Crippen molar-refractivity contribution in [2.24, 2.45) is 0 Å². The van der Waals surface area contributed by atoms with E-state index in [4.69, 9.17) is 0 Å². The van der Waals surface area contributed by atoms with Crippen LogP contribution in [-0.4, -0.2) is 18.2 Å². The Morgan fingerprint density at radius 1 is 1.44 bits per heavy atom. The van der Waals surface area contributed by atoms with Crippen LogP contribution in [0.4, 0.5) is 5.69 Å². The SMILES string of the molecule is C=C(C)CN1C(=O)C(=O)c2cccc(Br)c21. The van der Waals surface area contributed by atoms with Gasteiger partial charge in [0, 0.05) is 11.0 Å². The lowest BCUT2D eigenvalue weighted by molar-refractivity contribution is -0.114. The summed E-state index contributed by atoms with van der Waals surface area (Å²) in [4.78, 5) is 24.9. The highest BCUT2D eigenvalue weighted by molar-refractivity contribution is 9.10. The largest absolute Gasteiger partial charge is 0.300 e. The first kappa shape index (κ1) is 11.1. The Kier molecular flexibility index (Phi) is 2.68. The van der Waals surface area contributed by atoms with Crippen molar-refractivity contribution in [3.8, 4) is 0 Å². The third-order valence-electron chi connectivity index (χ3n) is 2.37. The molecule has 1 heterocycles. The van der Waals surface area contributed by atoms with Crippen molar-refractivity contribution in [2.45, 2.75) is 6.92 Å². The van der Waals surface area contributed by atoms with E-state index >= 15 is 0 Å². The van der Waals surface area contributed by atoms with Crippen molar-refractivity contribution in [3.05, 3.63) is 40.4 Å². The van der Waals surface area contributed by atoms with Gasteiger partial charge in [-0.25, -0.2) is 0 Å². The molecule has 0 bridgehead atoms. The monoisotopic (exact) mass is 279 g/mol. The summed E-state index contributed by atoms with van der Waals surface area (Å²) in [5.74, 6) is -0.928. The maximum atomic E-state index is 11.8. The average molecular weight is 280 g/mol. The lowest BCUT2D eigenvalue weighted by Crippen LogP contribution is -2.31. The summed E-state index contributed by atoms with van der Waals surface area (Å²) in [6.45, 7) is 5.96. The van der Waals surface area contributed by atoms with E-state index in [1.54, 1.807) is 12.1 Å². The van der Waals surface area contributed by atoms with Gasteiger partial charge in [0.25, 0.3) is 11.7 Å². The van der Waals surface area contributed by atoms with Crippen LogP contribution in [0.25, 0.3) is 0 Å². The van der Waals surface area contributed by atoms with Crippen molar-refractivity contribution in [3.63, 3.8) is 0 Å². The van der Waals surface area contributed by atoms with Crippen molar-refractivity contribution < 1.29 is 9.59 Å². The Hall–Kier alpha value is -1.42. The van der Waals surface area contributed by atoms with Crippen LogP contribution in [-0.2, 0) is 4.79 Å². The minimum Gasteiger partial charge on any atom is -0.300 e. The Balaban J connectivity index is 2.56. The molecule has 0 fully saturated rings. The van der Waals surface area contributed by atoms with Gasteiger partial charge < -0.3 is 0 Å². The lowest BCUT2D eigenvalue weighted by atomic mass is 10.1. The first-order valence-corrected chi connectivity index (χ1v) is 5.60. The minimum atomic E-state index is -0.482. The van der Waals surface area contributed by atoms with Gasteiger partial charge in [-0.1, -0.05) is 18.2 Å². The van der Waals surface area contributed by atoms with E-state index in [1.807, 2.05) is 13.0 Å². The number of para-hydroxylation sites is 1. The second-order valence-corrected chi connectivity index (χ2v) is 4.67. The van der Waals surface area contributed by atoms with Crippen LogP contribution in [0.2, 0.25) is 0 Å². The number of carbonyl (C=O) groups excluding carboxylic acids is 2. The number of hydrogen-bond acceptors (Lipinski definition) is 2. The third-order valence-corrected chi connectivity index (χ3v) is 3.01. The molecule has 4 heteroatoms. The van der Waals surface area contributed by atoms with E-state index in [0.717, 1.165) is 10.0 Å². The van der Waals surface area contributed by atoms with Crippen molar-refractivity contribution in [1.82, 2.24) is 0 Å². The molecule has 0 N–H and O–H groups in total. The molecule has 16 heavy (non-hydrogen) atoms. The zero-order valence-corrected chi connectivity index (χ0v) is 10.4. The number of ketones is 1. The Morgan fingerprint density at radius 2 is 2.12 bits per heavy atom. The summed E-state index contributed by atoms with van der Waals surface area (Å²) in [6.07, 6.45) is 0. The van der Waals surface area contributed by atoms with Crippen LogP contribution in [0.5, 0.6) is 0 Å². The highest BCUT2D eigenvalue weighted by Crippen LogP contribution is 2.36. The molecule has 0 unspecified atom stereocenters. The average Bonchev–Trinajstić information content (AvgIpc) is 2.45. The van der Waals surface area contributed by atoms with Gasteiger partial charge in [-0.05, 0) is 35.0 Å². The van der Waals surface area contributed by atoms with Gasteiger partial charge in [0.15, 0.2) is 0 Å². The highest BCUT2D eigenvalue weighted by atomic mass is 79.9. The maximum Gasteiger partial charge on any atom is 0.299 e. The Bertz CT molecular complexity index is 508. The van der Waals surface area contributed by atoms with E-state index in [0.29, 0.717) is 17.8 Å². The van der Waals surface area contributed by atoms with Gasteiger partial charge in [0.05, 0.1) is 11.3 Å². The number of Topliss-reactive ketones (excluding diaryl/α,β-unsaturated/α-hetero) is 1. The van der Waals surface area contributed by atoms with Crippen LogP contribution in [0.3, 0.4) is 0 Å². The lowest BCUT2D eigenvalue weighted by Gasteiger charge is -2.17. The fourth-order valence-electron chi connectivity index (χ4n) is 1.73. The molecule has 0 saturated heterocycles. The molecule has 0 aliphatic carbocycles. The third kappa shape index (κ3) is 1.59. The predicted octanol–water partition coefficient (Wildman–Crippen LogP) is 2.55. The van der Waals surface area contributed by atoms with E-state index in [2.05, 4.69) is 22.5 Å². The summed E-state index contributed by atoms with van der Waals surface area (Å²) in [5, 5.41) is 0. The summed E-state index contributed by atoms with van der Waals surface area (Å²) < 4.78 is 0.755. The minimum absolute atomic E-state index is 0.375. The molecule has 2 rings (SSSR count). The molecule has 0 radical (unpaired) electrons. The first-order chi connectivity index (χ1) is 7.52. The summed E-state index contributed by atoms with van der Waals surface area (Å²) in [6, 6.07) is 5.23. The topological polar surface area (TPSA) is 37.4 Å². The smallest absolute Gasteiger partial charge is 0.299 e. The van der Waals surface area contributed by atoms with Crippen LogP contribution in [0, 0.1) is 0 Å². The van der Waals surface area contributed by atoms with E-state index in [1.165, 1.54) is 4.90 Å². The van der Waals surface area contributed by atoms with Crippen molar-refractivity contribution in [1.29, 1.82) is 0 Å². The van der Waals surface area contributed by atoms with Crippen molar-refractivity contribution in [2.75, 3.05) is 11.4 Å². The van der Waals surface area contributed by atoms with Gasteiger partial charge >= 0.3 is 0 Å². The summed E-state index contributed by atoms with van der Waals surface area (Å²) in [7, 11) is 0. The second kappa shape index (κ2) is 3.87. The number of halogens is 1. The molecule has 0 aromatic heterocycles. The molecule has 1 aliphatic rings. The molecule has 1 amide bonds. The first-order valence-electron chi connectivity index (χ1n) is 4.81. The summed E-state index contributed by atoms with van der Waals surface area (Å²) in [5.41, 5.74) is 1.95. The summed E-state index contributed by atoms with van der Waals surface area (Å²) >= 11 is 3.36. The zero-order chi connectivity index (χ0) is 11.9. The maximum absolute atomic E-state index is 11.8. The quantitative estimate of drug-likeness (QED) is 0.616. The molecule has 0 saturated carbocycles. The molecular weight excluding hydrogens is 270 g/mol. The fourth-order valence-corrected chi connectivity index (χ4v) is 2.31. The number of hydrogen-bond donors (Lipinski definition) is 0. The van der Waals surface area contributed by atoms with E-state index < -0.39 is 11.7 Å². The van der Waals surface area contributed by atoms with Gasteiger partial charge in [-0.3, -0.25) is 14.5 Å². The number of carbonyl (C=O) groups is 2. The number of benzene rings is 1. The normalized spacial score (nSPS) is 14.2. The van der Waals surface area contributed by atoms with E-state index in [9.17, 15) is 9.59 Å². The Morgan fingerprint density at radius 3 is 2.75 bits per heavy atom. The molecule has 1 aliphatic heterocycles. The van der Waals surface area contributed by atoms with Gasteiger partial charge in [0.2, 0.25) is 0 Å². The molecular formula is C12H10BrNO2. The molecule has 0 atom stereocenters. The molecule has 0 spiro atoms. The standard InChI is InChI=1S/C12H10BrNO2/c1-7(2)6-14-10-8(11(15)12(14)16)4-3-5-9(10)13/h3-5H,1,6H2,2H3. The van der Waals surface area contributed by atoms with Gasteiger partial charge in [-0.2, -0.15) is 0 Å². The van der Waals surface area contributed by atoms with Gasteiger partial charge in [0.1, 0.15) is 0 Å². The highest BCUT2D eigenvalue weighted by Gasteiger charge is 2.36. The Labute approximate surface area is 102 Å². The van der Waals surface area contributed by atoms with Gasteiger partial charge in [-0.15, -0.1) is 0 Å². The fraction of sp³-hybridized carbons (Fsp3) is 0.167. The van der Waals surface area contributed by atoms with Crippen LogP contribution in [0.15, 0.2) is 34.8 Å². The second-order valence-electron chi connectivity index (χ2n) is 3.81. The van der Waals surface area contributed by atoms with Crippen molar-refractivity contribution >= 4 is 33.3 Å². The number of anilines is 1.